The predicted octanol–water partition coefficient (Wildman–Crippen LogP) is 4.31. The molecule has 1 aliphatic carbocycles. The number of carbonyl (C=O) groups is 3. The first-order valence-electron chi connectivity index (χ1n) is 13.3. The number of carbonyl (C=O) groups excluding carboxylic acids is 3. The fourth-order valence-corrected chi connectivity index (χ4v) is 4.58. The Morgan fingerprint density at radius 2 is 1.81 bits per heavy atom. The van der Waals surface area contributed by atoms with E-state index >= 15 is 0 Å². The van der Waals surface area contributed by atoms with E-state index in [1.807, 2.05) is 39.0 Å². The molecule has 0 aliphatic heterocycles. The Bertz CT molecular complexity index is 890. The van der Waals surface area contributed by atoms with E-state index in [0.717, 1.165) is 48.8 Å². The lowest BCUT2D eigenvalue weighted by atomic mass is 9.92. The third kappa shape index (κ3) is 8.50. The molecule has 0 spiro atoms. The second-order valence-corrected chi connectivity index (χ2v) is 10.8. The van der Waals surface area contributed by atoms with Crippen LogP contribution in [0.3, 0.4) is 0 Å². The summed E-state index contributed by atoms with van der Waals surface area (Å²) in [6.45, 7) is 10.8. The molecule has 8 heteroatoms. The van der Waals surface area contributed by atoms with Crippen LogP contribution in [0.5, 0.6) is 0 Å². The third-order valence-corrected chi connectivity index (χ3v) is 6.66. The lowest BCUT2D eigenvalue weighted by molar-refractivity contribution is -0.143. The minimum atomic E-state index is -1.23. The third-order valence-electron chi connectivity index (χ3n) is 6.66. The molecule has 0 radical (unpaired) electrons. The molecular weight excluding hydrogens is 458 g/mol. The van der Waals surface area contributed by atoms with Crippen molar-refractivity contribution in [3.05, 3.63) is 34.9 Å². The number of hydrogen-bond donors (Lipinski definition) is 3. The van der Waals surface area contributed by atoms with Crippen LogP contribution in [0.4, 0.5) is 4.79 Å². The average Bonchev–Trinajstić information content (AvgIpc) is 2.81. The molecule has 0 saturated heterocycles. The number of ether oxygens (including phenoxy) is 1. The molecule has 3 N–H and O–H groups in total. The van der Waals surface area contributed by atoms with Crippen LogP contribution in [0.1, 0.15) is 95.4 Å². The number of aryl methyl sites for hydroxylation is 1. The summed E-state index contributed by atoms with van der Waals surface area (Å²) >= 11 is 0. The van der Waals surface area contributed by atoms with E-state index in [1.165, 1.54) is 11.3 Å². The first-order chi connectivity index (χ1) is 17.0. The van der Waals surface area contributed by atoms with Gasteiger partial charge in [0.05, 0.1) is 6.61 Å². The fourth-order valence-electron chi connectivity index (χ4n) is 4.58. The number of aliphatic hydroxyl groups is 1. The number of alkyl carbamates (subject to hydrolysis) is 1. The van der Waals surface area contributed by atoms with Gasteiger partial charge in [-0.25, -0.2) is 4.79 Å². The molecule has 2 atom stereocenters. The Balaban J connectivity index is 2.44. The van der Waals surface area contributed by atoms with Gasteiger partial charge in [0, 0.05) is 12.6 Å². The summed E-state index contributed by atoms with van der Waals surface area (Å²) < 4.78 is 5.30. The molecule has 1 aliphatic rings. The van der Waals surface area contributed by atoms with Gasteiger partial charge < -0.3 is 25.4 Å². The predicted molar refractivity (Wildman–Crippen MR) is 141 cm³/mol. The largest absolute Gasteiger partial charge is 0.444 e. The van der Waals surface area contributed by atoms with Crippen molar-refractivity contribution in [3.8, 4) is 0 Å². The molecular formula is C28H45N3O5. The smallest absolute Gasteiger partial charge is 0.408 e. The quantitative estimate of drug-likeness (QED) is 0.441. The van der Waals surface area contributed by atoms with Gasteiger partial charge in [0.25, 0.3) is 0 Å². The highest BCUT2D eigenvalue weighted by Gasteiger charge is 2.37. The molecule has 202 valence electrons. The van der Waals surface area contributed by atoms with Crippen LogP contribution in [-0.2, 0) is 14.3 Å². The van der Waals surface area contributed by atoms with Crippen LogP contribution in [0.2, 0.25) is 0 Å². The zero-order valence-corrected chi connectivity index (χ0v) is 22.9. The minimum Gasteiger partial charge on any atom is -0.444 e. The lowest BCUT2D eigenvalue weighted by Crippen LogP contribution is -2.55. The van der Waals surface area contributed by atoms with Crippen molar-refractivity contribution >= 4 is 17.9 Å². The van der Waals surface area contributed by atoms with E-state index in [1.54, 1.807) is 20.8 Å². The number of hydrogen-bond acceptors (Lipinski definition) is 5. The van der Waals surface area contributed by atoms with E-state index in [0.29, 0.717) is 13.0 Å². The van der Waals surface area contributed by atoms with Gasteiger partial charge in [0.15, 0.2) is 0 Å². The maximum absolute atomic E-state index is 13.8. The van der Waals surface area contributed by atoms with Gasteiger partial charge in [-0.1, -0.05) is 50.8 Å². The van der Waals surface area contributed by atoms with Crippen molar-refractivity contribution in [1.29, 1.82) is 0 Å². The summed E-state index contributed by atoms with van der Waals surface area (Å²) in [4.78, 5) is 41.6. The van der Waals surface area contributed by atoms with E-state index in [4.69, 9.17) is 4.74 Å². The topological polar surface area (TPSA) is 108 Å². The van der Waals surface area contributed by atoms with Gasteiger partial charge in [-0.2, -0.15) is 0 Å². The van der Waals surface area contributed by atoms with Crippen LogP contribution in [0.15, 0.2) is 18.2 Å². The van der Waals surface area contributed by atoms with E-state index in [2.05, 4.69) is 10.6 Å². The van der Waals surface area contributed by atoms with E-state index in [9.17, 15) is 19.5 Å². The van der Waals surface area contributed by atoms with Crippen molar-refractivity contribution in [2.75, 3.05) is 13.2 Å². The highest BCUT2D eigenvalue weighted by Crippen LogP contribution is 2.29. The molecule has 8 nitrogen and oxygen atoms in total. The first-order valence-corrected chi connectivity index (χ1v) is 13.3. The number of unbranched alkanes of at least 4 members (excludes halogenated alkanes) is 1. The zero-order chi connectivity index (χ0) is 26.9. The Morgan fingerprint density at radius 3 is 2.39 bits per heavy atom. The van der Waals surface area contributed by atoms with Gasteiger partial charge in [-0.3, -0.25) is 9.59 Å². The summed E-state index contributed by atoms with van der Waals surface area (Å²) in [5.74, 6) is -0.740. The highest BCUT2D eigenvalue weighted by molar-refractivity contribution is 5.92. The van der Waals surface area contributed by atoms with Gasteiger partial charge in [-0.15, -0.1) is 0 Å². The number of nitrogens with zero attached hydrogens (tertiary/aromatic N) is 1. The van der Waals surface area contributed by atoms with E-state index in [-0.39, 0.29) is 11.9 Å². The van der Waals surface area contributed by atoms with Crippen LogP contribution >= 0.6 is 0 Å². The van der Waals surface area contributed by atoms with Gasteiger partial charge in [0.1, 0.15) is 17.7 Å². The monoisotopic (exact) mass is 503 g/mol. The first kappa shape index (κ1) is 29.6. The average molecular weight is 504 g/mol. The molecule has 1 fully saturated rings. The maximum Gasteiger partial charge on any atom is 0.408 e. The van der Waals surface area contributed by atoms with Crippen molar-refractivity contribution in [2.45, 2.75) is 110 Å². The van der Waals surface area contributed by atoms with Crippen molar-refractivity contribution in [1.82, 2.24) is 15.5 Å². The molecule has 3 amide bonds. The van der Waals surface area contributed by atoms with Crippen LogP contribution in [0, 0.1) is 13.8 Å². The second kappa shape index (κ2) is 13.6. The minimum absolute atomic E-state index is 0.0792. The Hall–Kier alpha value is -2.61. The fraction of sp³-hybridized carbons (Fsp3) is 0.679. The van der Waals surface area contributed by atoms with E-state index < -0.39 is 36.3 Å². The number of benzene rings is 1. The molecule has 0 bridgehead atoms. The van der Waals surface area contributed by atoms with Gasteiger partial charge >= 0.3 is 6.09 Å². The second-order valence-electron chi connectivity index (χ2n) is 10.8. The van der Waals surface area contributed by atoms with Crippen molar-refractivity contribution in [2.24, 2.45) is 0 Å². The van der Waals surface area contributed by atoms with Crippen LogP contribution < -0.4 is 10.6 Å². The number of amides is 3. The van der Waals surface area contributed by atoms with Crippen molar-refractivity contribution < 1.29 is 24.2 Å². The summed E-state index contributed by atoms with van der Waals surface area (Å²) in [5.41, 5.74) is 1.96. The maximum atomic E-state index is 13.8. The number of rotatable bonds is 10. The summed E-state index contributed by atoms with van der Waals surface area (Å²) in [6, 6.07) is 3.73. The lowest BCUT2D eigenvalue weighted by Gasteiger charge is -2.36. The number of aliphatic hydroxyl groups excluding tert-OH is 1. The molecule has 1 saturated carbocycles. The number of nitrogens with one attached hydrogen (secondary N) is 2. The van der Waals surface area contributed by atoms with Crippen LogP contribution in [0.25, 0.3) is 0 Å². The molecule has 1 aromatic rings. The zero-order valence-electron chi connectivity index (χ0n) is 22.9. The summed E-state index contributed by atoms with van der Waals surface area (Å²) in [6.07, 6.45) is 5.86. The summed E-state index contributed by atoms with van der Waals surface area (Å²) in [5, 5.41) is 15.7. The Morgan fingerprint density at radius 1 is 1.14 bits per heavy atom. The molecule has 0 heterocycles. The normalized spacial score (nSPS) is 16.1. The van der Waals surface area contributed by atoms with Crippen molar-refractivity contribution in [3.63, 3.8) is 0 Å². The van der Waals surface area contributed by atoms with Crippen LogP contribution in [-0.4, -0.2) is 58.8 Å². The Labute approximate surface area is 216 Å². The molecule has 1 aromatic carbocycles. The summed E-state index contributed by atoms with van der Waals surface area (Å²) in [7, 11) is 0. The Kier molecular flexibility index (Phi) is 11.2. The van der Waals surface area contributed by atoms with Gasteiger partial charge in [-0.05, 0) is 70.6 Å². The molecule has 36 heavy (non-hydrogen) atoms. The SMILES string of the molecule is CCCCN(C(=O)C(CO)NC(=O)OC(C)(C)C)C(C(=O)NC1CCCCC1)c1cccc(C)c1C. The van der Waals surface area contributed by atoms with Gasteiger partial charge in [0.2, 0.25) is 11.8 Å². The molecule has 2 unspecified atom stereocenters. The standard InChI is InChI=1S/C28H45N3O5/c1-7-8-17-31(26(34)23(18-32)30-27(35)36-28(4,5)6)24(22-16-12-13-19(2)20(22)3)25(33)29-21-14-10-9-11-15-21/h12-13,16,21,23-24,32H,7-11,14-15,17-18H2,1-6H3,(H,29,33)(H,30,35). The molecule has 0 aromatic heterocycles. The molecule has 2 rings (SSSR count). The highest BCUT2D eigenvalue weighted by atomic mass is 16.6.